The van der Waals surface area contributed by atoms with Gasteiger partial charge < -0.3 is 20.1 Å². The number of phenolic OH excluding ortho intramolecular Hbond substituents is 1. The maximum atomic E-state index is 9.92. The summed E-state index contributed by atoms with van der Waals surface area (Å²) in [4.78, 5) is 2.20. The fraction of sp³-hybridized carbons (Fsp3) is 0.321. The van der Waals surface area contributed by atoms with Crippen LogP contribution in [-0.4, -0.2) is 41.9 Å². The van der Waals surface area contributed by atoms with Crippen LogP contribution in [0.1, 0.15) is 36.0 Å². The second-order valence-electron chi connectivity index (χ2n) is 8.39. The van der Waals surface area contributed by atoms with Crippen LogP contribution in [0.15, 0.2) is 78.9 Å². The molecule has 0 amide bonds. The Morgan fingerprint density at radius 1 is 0.970 bits per heavy atom. The molecule has 0 saturated heterocycles. The third kappa shape index (κ3) is 6.96. The van der Waals surface area contributed by atoms with Gasteiger partial charge in [-0.15, -0.1) is 0 Å². The van der Waals surface area contributed by atoms with Gasteiger partial charge in [-0.05, 0) is 60.3 Å². The number of phenols is 1. The molecule has 4 nitrogen and oxygen atoms in total. The highest BCUT2D eigenvalue weighted by Crippen LogP contribution is 2.29. The molecule has 3 rings (SSSR count). The molecule has 0 aliphatic rings. The Balaban J connectivity index is 1.69. The fourth-order valence-electron chi connectivity index (χ4n) is 4.18. The summed E-state index contributed by atoms with van der Waals surface area (Å²) in [6.45, 7) is 3.06. The zero-order chi connectivity index (χ0) is 23.6. The maximum absolute atomic E-state index is 9.92. The van der Waals surface area contributed by atoms with Crippen molar-refractivity contribution in [2.45, 2.75) is 38.1 Å². The molecule has 0 aliphatic carbocycles. The predicted molar refractivity (Wildman–Crippen MR) is 140 cm³/mol. The van der Waals surface area contributed by atoms with Crippen molar-refractivity contribution in [3.8, 4) is 11.5 Å². The van der Waals surface area contributed by atoms with Crippen LogP contribution in [0.2, 0.25) is 0 Å². The van der Waals surface area contributed by atoms with E-state index in [0.29, 0.717) is 11.7 Å². The summed E-state index contributed by atoms with van der Waals surface area (Å²) in [5.41, 5.74) is 3.72. The summed E-state index contributed by atoms with van der Waals surface area (Å²) in [5.74, 6) is 0.965. The van der Waals surface area contributed by atoms with Gasteiger partial charge in [-0.2, -0.15) is 0 Å². The summed E-state index contributed by atoms with van der Waals surface area (Å²) in [5, 5.41) is 14.1. The summed E-state index contributed by atoms with van der Waals surface area (Å²) >= 11 is 5.79. The van der Waals surface area contributed by atoms with Crippen LogP contribution in [0.3, 0.4) is 0 Å². The number of thiocarbonyl (C=S) groups is 1. The van der Waals surface area contributed by atoms with Crippen molar-refractivity contribution in [3.63, 3.8) is 0 Å². The zero-order valence-corrected chi connectivity index (χ0v) is 20.5. The number of ether oxygens (including phenoxy) is 1. The van der Waals surface area contributed by atoms with E-state index >= 15 is 0 Å². The van der Waals surface area contributed by atoms with Crippen molar-refractivity contribution >= 4 is 17.3 Å². The van der Waals surface area contributed by atoms with Crippen molar-refractivity contribution in [2.75, 3.05) is 20.7 Å². The van der Waals surface area contributed by atoms with E-state index in [-0.39, 0.29) is 11.8 Å². The molecule has 33 heavy (non-hydrogen) atoms. The van der Waals surface area contributed by atoms with Crippen molar-refractivity contribution in [2.24, 2.45) is 0 Å². The molecular weight excluding hydrogens is 428 g/mol. The number of hydrogen-bond acceptors (Lipinski definition) is 3. The van der Waals surface area contributed by atoms with Crippen LogP contribution >= 0.6 is 12.2 Å². The SMILES string of the molecule is COc1cc(CCC(C(C)c2ccccc2)N(C)C(=S)NCCc2ccccc2)ccc1O. The van der Waals surface area contributed by atoms with Crippen molar-refractivity contribution in [3.05, 3.63) is 95.6 Å². The minimum atomic E-state index is 0.163. The van der Waals surface area contributed by atoms with Crippen LogP contribution in [0.4, 0.5) is 0 Å². The highest BCUT2D eigenvalue weighted by atomic mass is 32.1. The highest BCUT2D eigenvalue weighted by molar-refractivity contribution is 7.80. The summed E-state index contributed by atoms with van der Waals surface area (Å²) in [7, 11) is 3.66. The molecule has 0 bridgehead atoms. The minimum absolute atomic E-state index is 0.163. The summed E-state index contributed by atoms with van der Waals surface area (Å²) < 4.78 is 5.28. The van der Waals surface area contributed by atoms with Gasteiger partial charge in [-0.3, -0.25) is 0 Å². The first-order valence-electron chi connectivity index (χ1n) is 11.4. The lowest BCUT2D eigenvalue weighted by atomic mass is 9.88. The third-order valence-electron chi connectivity index (χ3n) is 6.23. The third-order valence-corrected chi connectivity index (χ3v) is 6.66. The average molecular weight is 463 g/mol. The molecule has 0 fully saturated rings. The Hall–Kier alpha value is -3.05. The molecule has 5 heteroatoms. The second-order valence-corrected chi connectivity index (χ2v) is 8.78. The molecule has 2 atom stereocenters. The molecule has 0 aromatic heterocycles. The molecule has 2 N–H and O–H groups in total. The zero-order valence-electron chi connectivity index (χ0n) is 19.7. The topological polar surface area (TPSA) is 44.7 Å². The van der Waals surface area contributed by atoms with Crippen LogP contribution in [0, 0.1) is 0 Å². The molecule has 0 saturated carbocycles. The van der Waals surface area contributed by atoms with Crippen LogP contribution in [0.5, 0.6) is 11.5 Å². The van der Waals surface area contributed by atoms with Gasteiger partial charge >= 0.3 is 0 Å². The smallest absolute Gasteiger partial charge is 0.168 e. The van der Waals surface area contributed by atoms with E-state index in [1.54, 1.807) is 13.2 Å². The number of rotatable bonds is 10. The van der Waals surface area contributed by atoms with Crippen LogP contribution < -0.4 is 10.1 Å². The van der Waals surface area contributed by atoms with Gasteiger partial charge in [0.15, 0.2) is 16.6 Å². The first-order chi connectivity index (χ1) is 16.0. The molecule has 2 unspecified atom stereocenters. The molecule has 3 aromatic rings. The Morgan fingerprint density at radius 2 is 1.64 bits per heavy atom. The number of nitrogens with zero attached hydrogens (tertiary/aromatic N) is 1. The van der Waals surface area contributed by atoms with Gasteiger partial charge in [-0.25, -0.2) is 0 Å². The normalized spacial score (nSPS) is 12.6. The molecule has 0 spiro atoms. The van der Waals surface area contributed by atoms with Gasteiger partial charge in [-0.1, -0.05) is 73.7 Å². The fourth-order valence-corrected chi connectivity index (χ4v) is 4.42. The van der Waals surface area contributed by atoms with Crippen molar-refractivity contribution < 1.29 is 9.84 Å². The van der Waals surface area contributed by atoms with Gasteiger partial charge in [0, 0.05) is 25.6 Å². The van der Waals surface area contributed by atoms with E-state index in [2.05, 4.69) is 72.7 Å². The number of aromatic hydroxyl groups is 1. The lowest BCUT2D eigenvalue weighted by molar-refractivity contribution is 0.301. The Bertz CT molecular complexity index is 1010. The Morgan fingerprint density at radius 3 is 2.30 bits per heavy atom. The number of nitrogens with one attached hydrogen (secondary N) is 1. The van der Waals surface area contributed by atoms with Gasteiger partial charge in [0.1, 0.15) is 0 Å². The standard InChI is InChI=1S/C28H34N2O2S/c1-21(24-12-8-5-9-13-24)25(16-14-23-15-17-26(31)27(20-23)32-3)30(2)28(33)29-19-18-22-10-6-4-7-11-22/h4-13,15,17,20-21,25,31H,14,16,18-19H2,1-3H3,(H,29,33). The second kappa shape index (κ2) is 12.3. The molecular formula is C28H34N2O2S. The number of methoxy groups -OCH3 is 1. The summed E-state index contributed by atoms with van der Waals surface area (Å²) in [6, 6.07) is 26.8. The highest BCUT2D eigenvalue weighted by Gasteiger charge is 2.25. The molecule has 0 heterocycles. The number of likely N-dealkylation sites (N-methyl/N-ethyl adjacent to an activating group) is 1. The van der Waals surface area contributed by atoms with E-state index in [0.717, 1.165) is 36.5 Å². The van der Waals surface area contributed by atoms with E-state index in [1.807, 2.05) is 24.3 Å². The lowest BCUT2D eigenvalue weighted by Gasteiger charge is -2.35. The number of hydrogen-bond donors (Lipinski definition) is 2. The van der Waals surface area contributed by atoms with E-state index in [4.69, 9.17) is 17.0 Å². The largest absolute Gasteiger partial charge is 0.504 e. The van der Waals surface area contributed by atoms with E-state index in [9.17, 15) is 5.11 Å². The molecule has 0 radical (unpaired) electrons. The van der Waals surface area contributed by atoms with Crippen molar-refractivity contribution in [1.29, 1.82) is 0 Å². The molecule has 0 aliphatic heterocycles. The van der Waals surface area contributed by atoms with Crippen LogP contribution in [-0.2, 0) is 12.8 Å². The monoisotopic (exact) mass is 462 g/mol. The first-order valence-corrected chi connectivity index (χ1v) is 11.9. The van der Waals surface area contributed by atoms with E-state index in [1.165, 1.54) is 11.1 Å². The maximum Gasteiger partial charge on any atom is 0.168 e. The molecule has 174 valence electrons. The van der Waals surface area contributed by atoms with E-state index < -0.39 is 0 Å². The van der Waals surface area contributed by atoms with Crippen LogP contribution in [0.25, 0.3) is 0 Å². The number of aryl methyl sites for hydroxylation is 1. The minimum Gasteiger partial charge on any atom is -0.504 e. The summed E-state index contributed by atoms with van der Waals surface area (Å²) in [6.07, 6.45) is 2.71. The predicted octanol–water partition coefficient (Wildman–Crippen LogP) is 5.55. The number of benzene rings is 3. The Labute approximate surface area is 203 Å². The van der Waals surface area contributed by atoms with Crippen molar-refractivity contribution in [1.82, 2.24) is 10.2 Å². The Kier molecular flexibility index (Phi) is 9.14. The molecule has 3 aromatic carbocycles. The van der Waals surface area contributed by atoms with Gasteiger partial charge in [0.05, 0.1) is 7.11 Å². The first kappa shape index (κ1) is 24.6. The lowest BCUT2D eigenvalue weighted by Crippen LogP contribution is -2.46. The van der Waals surface area contributed by atoms with Gasteiger partial charge in [0.2, 0.25) is 0 Å². The quantitative estimate of drug-likeness (QED) is 0.387. The van der Waals surface area contributed by atoms with Gasteiger partial charge in [0.25, 0.3) is 0 Å². The average Bonchev–Trinajstić information content (AvgIpc) is 2.85.